The summed E-state index contributed by atoms with van der Waals surface area (Å²) in [6, 6.07) is 3.42. The van der Waals surface area contributed by atoms with Gasteiger partial charge in [0.1, 0.15) is 11.6 Å². The smallest absolute Gasteiger partial charge is 0.334 e. The third-order valence-corrected chi connectivity index (χ3v) is 3.92. The molecule has 1 aromatic carbocycles. The Morgan fingerprint density at radius 3 is 2.71 bits per heavy atom. The molecule has 2 rings (SSSR count). The molecular formula is C15H19F2NO3. The molecule has 0 spiro atoms. The number of aliphatic hydroxyl groups is 1. The fourth-order valence-corrected chi connectivity index (χ4v) is 2.65. The predicted molar refractivity (Wildman–Crippen MR) is 72.4 cm³/mol. The Hall–Kier alpha value is -1.53. The van der Waals surface area contributed by atoms with Crippen LogP contribution < -0.4 is 0 Å². The third-order valence-electron chi connectivity index (χ3n) is 3.92. The lowest BCUT2D eigenvalue weighted by molar-refractivity contribution is -0.154. The van der Waals surface area contributed by atoms with Crippen LogP contribution in [0, 0.1) is 17.6 Å². The summed E-state index contributed by atoms with van der Waals surface area (Å²) in [5.74, 6) is -1.65. The van der Waals surface area contributed by atoms with Gasteiger partial charge in [-0.15, -0.1) is 0 Å². The van der Waals surface area contributed by atoms with E-state index in [1.54, 1.807) is 0 Å². The zero-order valence-corrected chi connectivity index (χ0v) is 11.9. The molecule has 1 fully saturated rings. The van der Waals surface area contributed by atoms with Crippen LogP contribution in [0.3, 0.4) is 0 Å². The van der Waals surface area contributed by atoms with Gasteiger partial charge in [0.15, 0.2) is 6.10 Å². The number of carbonyl (C=O) groups excluding carboxylic acids is 1. The van der Waals surface area contributed by atoms with Gasteiger partial charge in [0.2, 0.25) is 0 Å². The van der Waals surface area contributed by atoms with Crippen molar-refractivity contribution in [1.82, 2.24) is 4.90 Å². The minimum Gasteiger partial charge on any atom is -0.467 e. The summed E-state index contributed by atoms with van der Waals surface area (Å²) in [5.41, 5.74) is 0.321. The minimum atomic E-state index is -1.11. The third kappa shape index (κ3) is 3.98. The molecule has 0 bridgehead atoms. The van der Waals surface area contributed by atoms with Crippen molar-refractivity contribution < 1.29 is 23.4 Å². The van der Waals surface area contributed by atoms with Gasteiger partial charge < -0.3 is 9.84 Å². The van der Waals surface area contributed by atoms with Crippen molar-refractivity contribution in [2.24, 2.45) is 5.92 Å². The number of hydrogen-bond donors (Lipinski definition) is 1. The standard InChI is InChI=1S/C15H19F2NO3/c1-21-15(20)14(19)10-4-6-18(7-5-10)9-11-8-12(16)2-3-13(11)17/h2-3,8,10,14,19H,4-7,9H2,1H3. The summed E-state index contributed by atoms with van der Waals surface area (Å²) < 4.78 is 31.2. The second-order valence-electron chi connectivity index (χ2n) is 5.32. The Morgan fingerprint density at radius 2 is 2.10 bits per heavy atom. The average molecular weight is 299 g/mol. The Labute approximate surface area is 122 Å². The summed E-state index contributed by atoms with van der Waals surface area (Å²) in [7, 11) is 1.24. The number of carbonyl (C=O) groups is 1. The molecule has 1 aliphatic heterocycles. The molecule has 1 N–H and O–H groups in total. The first-order valence-corrected chi connectivity index (χ1v) is 6.93. The molecule has 1 unspecified atom stereocenters. The fourth-order valence-electron chi connectivity index (χ4n) is 2.65. The molecule has 0 saturated carbocycles. The zero-order valence-electron chi connectivity index (χ0n) is 11.9. The van der Waals surface area contributed by atoms with Crippen LogP contribution in [0.15, 0.2) is 18.2 Å². The molecule has 6 heteroatoms. The van der Waals surface area contributed by atoms with Crippen molar-refractivity contribution in [3.05, 3.63) is 35.4 Å². The molecule has 0 amide bonds. The second kappa shape index (κ2) is 6.95. The van der Waals surface area contributed by atoms with Crippen LogP contribution in [0.4, 0.5) is 8.78 Å². The monoisotopic (exact) mass is 299 g/mol. The van der Waals surface area contributed by atoms with Gasteiger partial charge in [-0.3, -0.25) is 4.90 Å². The van der Waals surface area contributed by atoms with Crippen LogP contribution in [0.5, 0.6) is 0 Å². The maximum absolute atomic E-state index is 13.6. The van der Waals surface area contributed by atoms with Crippen LogP contribution in [-0.2, 0) is 16.1 Å². The molecule has 1 atom stereocenters. The Kier molecular flexibility index (Phi) is 5.25. The summed E-state index contributed by atoms with van der Waals surface area (Å²) in [6.45, 7) is 1.56. The quantitative estimate of drug-likeness (QED) is 0.860. The van der Waals surface area contributed by atoms with E-state index < -0.39 is 23.7 Å². The van der Waals surface area contributed by atoms with Gasteiger partial charge in [-0.25, -0.2) is 13.6 Å². The molecule has 0 radical (unpaired) electrons. The van der Waals surface area contributed by atoms with Gasteiger partial charge >= 0.3 is 5.97 Å². The molecule has 4 nitrogen and oxygen atoms in total. The number of halogens is 2. The molecule has 0 aromatic heterocycles. The SMILES string of the molecule is COC(=O)C(O)C1CCN(Cc2cc(F)ccc2F)CC1. The number of nitrogens with zero attached hydrogens (tertiary/aromatic N) is 1. The molecule has 1 aliphatic rings. The number of aliphatic hydroxyl groups excluding tert-OH is 1. The van der Waals surface area contributed by atoms with E-state index >= 15 is 0 Å². The summed E-state index contributed by atoms with van der Waals surface area (Å²) in [4.78, 5) is 13.3. The number of likely N-dealkylation sites (tertiary alicyclic amines) is 1. The lowest BCUT2D eigenvalue weighted by atomic mass is 9.91. The Balaban J connectivity index is 1.89. The van der Waals surface area contributed by atoms with E-state index in [1.807, 2.05) is 4.90 Å². The van der Waals surface area contributed by atoms with Crippen molar-refractivity contribution in [3.63, 3.8) is 0 Å². The molecule has 1 aromatic rings. The maximum atomic E-state index is 13.6. The molecular weight excluding hydrogens is 280 g/mol. The second-order valence-corrected chi connectivity index (χ2v) is 5.32. The van der Waals surface area contributed by atoms with Crippen LogP contribution in [0.1, 0.15) is 18.4 Å². The van der Waals surface area contributed by atoms with Gasteiger partial charge in [-0.05, 0) is 50.0 Å². The lowest BCUT2D eigenvalue weighted by Gasteiger charge is -2.33. The zero-order chi connectivity index (χ0) is 15.4. The number of benzene rings is 1. The summed E-state index contributed by atoms with van der Waals surface area (Å²) in [5, 5.41) is 9.80. The number of piperidine rings is 1. The number of esters is 1. The minimum absolute atomic E-state index is 0.147. The van der Waals surface area contributed by atoms with E-state index in [1.165, 1.54) is 13.2 Å². The van der Waals surface area contributed by atoms with Crippen LogP contribution in [0.2, 0.25) is 0 Å². The first-order valence-electron chi connectivity index (χ1n) is 6.93. The highest BCUT2D eigenvalue weighted by Gasteiger charge is 2.30. The van der Waals surface area contributed by atoms with E-state index in [4.69, 9.17) is 0 Å². The Bertz CT molecular complexity index is 502. The maximum Gasteiger partial charge on any atom is 0.334 e. The molecule has 1 heterocycles. The molecule has 1 saturated heterocycles. The van der Waals surface area contributed by atoms with E-state index in [0.717, 1.165) is 12.1 Å². The fraction of sp³-hybridized carbons (Fsp3) is 0.533. The van der Waals surface area contributed by atoms with Crippen LogP contribution in [0.25, 0.3) is 0 Å². The van der Waals surface area contributed by atoms with Crippen molar-refractivity contribution in [3.8, 4) is 0 Å². The van der Waals surface area contributed by atoms with Gasteiger partial charge in [-0.1, -0.05) is 0 Å². The first kappa shape index (κ1) is 15.9. The topological polar surface area (TPSA) is 49.8 Å². The summed E-state index contributed by atoms with van der Waals surface area (Å²) >= 11 is 0. The number of ether oxygens (including phenoxy) is 1. The average Bonchev–Trinajstić information content (AvgIpc) is 2.50. The molecule has 116 valence electrons. The Morgan fingerprint density at radius 1 is 1.43 bits per heavy atom. The molecule has 21 heavy (non-hydrogen) atoms. The normalized spacial score (nSPS) is 18.5. The largest absolute Gasteiger partial charge is 0.467 e. The van der Waals surface area contributed by atoms with E-state index in [-0.39, 0.29) is 5.92 Å². The van der Waals surface area contributed by atoms with E-state index in [0.29, 0.717) is 38.0 Å². The van der Waals surface area contributed by atoms with Gasteiger partial charge in [0.05, 0.1) is 7.11 Å². The number of methoxy groups -OCH3 is 1. The van der Waals surface area contributed by atoms with Gasteiger partial charge in [-0.2, -0.15) is 0 Å². The highest BCUT2D eigenvalue weighted by Crippen LogP contribution is 2.23. The molecule has 0 aliphatic carbocycles. The predicted octanol–water partition coefficient (Wildman–Crippen LogP) is 1.71. The first-order chi connectivity index (χ1) is 10.0. The number of hydrogen-bond acceptors (Lipinski definition) is 4. The van der Waals surface area contributed by atoms with Gasteiger partial charge in [0, 0.05) is 12.1 Å². The van der Waals surface area contributed by atoms with Crippen molar-refractivity contribution in [2.75, 3.05) is 20.2 Å². The van der Waals surface area contributed by atoms with Crippen LogP contribution in [-0.4, -0.2) is 42.3 Å². The summed E-state index contributed by atoms with van der Waals surface area (Å²) in [6.07, 6.45) is 0.128. The highest BCUT2D eigenvalue weighted by atomic mass is 19.1. The highest BCUT2D eigenvalue weighted by molar-refractivity contribution is 5.74. The lowest BCUT2D eigenvalue weighted by Crippen LogP contribution is -2.40. The van der Waals surface area contributed by atoms with Crippen molar-refractivity contribution in [2.45, 2.75) is 25.5 Å². The van der Waals surface area contributed by atoms with E-state index in [2.05, 4.69) is 4.74 Å². The number of rotatable bonds is 4. The van der Waals surface area contributed by atoms with Crippen LogP contribution >= 0.6 is 0 Å². The van der Waals surface area contributed by atoms with Crippen molar-refractivity contribution >= 4 is 5.97 Å². The van der Waals surface area contributed by atoms with Crippen molar-refractivity contribution in [1.29, 1.82) is 0 Å². The van der Waals surface area contributed by atoms with Gasteiger partial charge in [0.25, 0.3) is 0 Å². The van der Waals surface area contributed by atoms with E-state index in [9.17, 15) is 18.7 Å².